The van der Waals surface area contributed by atoms with Crippen molar-refractivity contribution >= 4 is 11.9 Å². The molecule has 1 saturated heterocycles. The first-order chi connectivity index (χ1) is 7.50. The van der Waals surface area contributed by atoms with E-state index in [2.05, 4.69) is 0 Å². The summed E-state index contributed by atoms with van der Waals surface area (Å²) >= 11 is 0. The summed E-state index contributed by atoms with van der Waals surface area (Å²) in [7, 11) is 0. The maximum atomic E-state index is 11.6. The minimum Gasteiger partial charge on any atom is -0.449 e. The minimum absolute atomic E-state index is 0.0814. The van der Waals surface area contributed by atoms with Gasteiger partial charge in [-0.05, 0) is 18.8 Å². The molecule has 1 unspecified atom stereocenters. The van der Waals surface area contributed by atoms with E-state index in [0.717, 1.165) is 6.42 Å². The molecule has 0 aliphatic carbocycles. The van der Waals surface area contributed by atoms with Gasteiger partial charge in [-0.25, -0.2) is 4.79 Å². The van der Waals surface area contributed by atoms with Crippen LogP contribution >= 0.6 is 0 Å². The largest absolute Gasteiger partial charge is 0.449 e. The summed E-state index contributed by atoms with van der Waals surface area (Å²) in [6.45, 7) is 4.96. The van der Waals surface area contributed by atoms with Crippen molar-refractivity contribution in [3.8, 4) is 0 Å². The fourth-order valence-corrected chi connectivity index (χ4v) is 1.53. The molecule has 1 rings (SSSR count). The molecule has 0 spiro atoms. The molecule has 1 aliphatic heterocycles. The predicted molar refractivity (Wildman–Crippen MR) is 60.0 cm³/mol. The Morgan fingerprint density at radius 1 is 1.62 bits per heavy atom. The fourth-order valence-electron chi connectivity index (χ4n) is 1.53. The zero-order valence-corrected chi connectivity index (χ0v) is 9.94. The summed E-state index contributed by atoms with van der Waals surface area (Å²) in [6.07, 6.45) is 0.993. The van der Waals surface area contributed by atoms with Crippen LogP contribution in [0, 0.1) is 5.92 Å². The molecular formula is C11H20N2O3. The normalized spacial score (nSPS) is 22.1. The number of rotatable bonds is 2. The first kappa shape index (κ1) is 13.0. The highest BCUT2D eigenvalue weighted by atomic mass is 16.6. The molecule has 92 valence electrons. The Balaban J connectivity index is 2.46. The van der Waals surface area contributed by atoms with Crippen LogP contribution in [0.2, 0.25) is 0 Å². The quantitative estimate of drug-likeness (QED) is 0.757. The first-order valence-corrected chi connectivity index (χ1v) is 5.70. The first-order valence-electron chi connectivity index (χ1n) is 5.70. The molecule has 5 nitrogen and oxygen atoms in total. The maximum absolute atomic E-state index is 11.6. The van der Waals surface area contributed by atoms with Crippen LogP contribution in [0.5, 0.6) is 0 Å². The van der Waals surface area contributed by atoms with Crippen LogP contribution in [0.3, 0.4) is 0 Å². The number of nitrogens with two attached hydrogens (primary N) is 1. The third-order valence-corrected chi connectivity index (χ3v) is 2.50. The second-order valence-corrected chi connectivity index (χ2v) is 4.61. The van der Waals surface area contributed by atoms with Crippen molar-refractivity contribution in [3.05, 3.63) is 0 Å². The summed E-state index contributed by atoms with van der Waals surface area (Å²) < 4.78 is 5.08. The van der Waals surface area contributed by atoms with Crippen molar-refractivity contribution in [1.82, 2.24) is 4.90 Å². The van der Waals surface area contributed by atoms with Gasteiger partial charge in [0.05, 0.1) is 19.2 Å². The molecule has 5 heteroatoms. The number of carbonyl (C=O) groups excluding carboxylic acids is 2. The SMILES string of the molecule is CC(C)COC(=O)N1CCCC(N)C(=O)C1. The lowest BCUT2D eigenvalue weighted by Crippen LogP contribution is -2.39. The monoisotopic (exact) mass is 228 g/mol. The number of ketones is 1. The van der Waals surface area contributed by atoms with Crippen LogP contribution < -0.4 is 5.73 Å². The Morgan fingerprint density at radius 3 is 2.94 bits per heavy atom. The van der Waals surface area contributed by atoms with Crippen LogP contribution in [-0.4, -0.2) is 42.5 Å². The molecule has 0 saturated carbocycles. The van der Waals surface area contributed by atoms with Crippen LogP contribution in [-0.2, 0) is 9.53 Å². The van der Waals surface area contributed by atoms with Crippen molar-refractivity contribution in [2.75, 3.05) is 19.7 Å². The van der Waals surface area contributed by atoms with E-state index in [1.165, 1.54) is 4.90 Å². The number of amides is 1. The van der Waals surface area contributed by atoms with Crippen LogP contribution in [0.25, 0.3) is 0 Å². The standard InChI is InChI=1S/C11H20N2O3/c1-8(2)7-16-11(15)13-5-3-4-9(12)10(14)6-13/h8-9H,3-7,12H2,1-2H3. The molecule has 0 radical (unpaired) electrons. The molecule has 1 heterocycles. The van der Waals surface area contributed by atoms with E-state index >= 15 is 0 Å². The van der Waals surface area contributed by atoms with Gasteiger partial charge < -0.3 is 15.4 Å². The molecule has 0 aromatic carbocycles. The van der Waals surface area contributed by atoms with Gasteiger partial charge in [-0.2, -0.15) is 0 Å². The van der Waals surface area contributed by atoms with E-state index in [1.807, 2.05) is 13.8 Å². The Labute approximate surface area is 95.9 Å². The Hall–Kier alpha value is -1.10. The fraction of sp³-hybridized carbons (Fsp3) is 0.818. The minimum atomic E-state index is -0.428. The Bertz CT molecular complexity index is 266. The smallest absolute Gasteiger partial charge is 0.410 e. The number of likely N-dealkylation sites (tertiary alicyclic amines) is 1. The summed E-state index contributed by atoms with van der Waals surface area (Å²) in [5.41, 5.74) is 5.63. The van der Waals surface area contributed by atoms with E-state index < -0.39 is 12.1 Å². The highest BCUT2D eigenvalue weighted by molar-refractivity contribution is 5.88. The van der Waals surface area contributed by atoms with Crippen LogP contribution in [0.15, 0.2) is 0 Å². The Kier molecular flexibility index (Phi) is 4.73. The molecule has 0 aromatic rings. The number of ether oxygens (including phenoxy) is 1. The second kappa shape index (κ2) is 5.84. The van der Waals surface area contributed by atoms with Gasteiger partial charge in [0.15, 0.2) is 5.78 Å². The molecule has 0 aromatic heterocycles. The van der Waals surface area contributed by atoms with Crippen molar-refractivity contribution in [3.63, 3.8) is 0 Å². The van der Waals surface area contributed by atoms with Gasteiger partial charge in [0.2, 0.25) is 0 Å². The third-order valence-electron chi connectivity index (χ3n) is 2.50. The summed E-state index contributed by atoms with van der Waals surface area (Å²) in [5.74, 6) is 0.216. The molecule has 0 bridgehead atoms. The molecule has 1 fully saturated rings. The van der Waals surface area contributed by atoms with Gasteiger partial charge in [0, 0.05) is 6.54 Å². The lowest BCUT2D eigenvalue weighted by molar-refractivity contribution is -0.120. The number of hydrogen-bond donors (Lipinski definition) is 1. The summed E-state index contributed by atoms with van der Waals surface area (Å²) in [4.78, 5) is 24.6. The van der Waals surface area contributed by atoms with Crippen molar-refractivity contribution in [2.24, 2.45) is 11.7 Å². The summed E-state index contributed by atoms with van der Waals surface area (Å²) in [6, 6.07) is -0.428. The van der Waals surface area contributed by atoms with Crippen molar-refractivity contribution < 1.29 is 14.3 Å². The van der Waals surface area contributed by atoms with Crippen LogP contribution in [0.1, 0.15) is 26.7 Å². The predicted octanol–water partition coefficient (Wildman–Crippen LogP) is 0.771. The van der Waals surface area contributed by atoms with Gasteiger partial charge in [-0.15, -0.1) is 0 Å². The molecule has 2 N–H and O–H groups in total. The lowest BCUT2D eigenvalue weighted by Gasteiger charge is -2.19. The van der Waals surface area contributed by atoms with E-state index in [9.17, 15) is 9.59 Å². The average molecular weight is 228 g/mol. The van der Waals surface area contributed by atoms with Gasteiger partial charge in [-0.1, -0.05) is 13.8 Å². The van der Waals surface area contributed by atoms with E-state index in [-0.39, 0.29) is 12.3 Å². The van der Waals surface area contributed by atoms with E-state index in [0.29, 0.717) is 25.5 Å². The number of Topliss-reactive ketones (excluding diaryl/α,β-unsaturated/α-hetero) is 1. The Morgan fingerprint density at radius 2 is 2.31 bits per heavy atom. The van der Waals surface area contributed by atoms with Crippen molar-refractivity contribution in [1.29, 1.82) is 0 Å². The molecule has 1 atom stereocenters. The van der Waals surface area contributed by atoms with E-state index in [4.69, 9.17) is 10.5 Å². The second-order valence-electron chi connectivity index (χ2n) is 4.61. The molecule has 1 amide bonds. The van der Waals surface area contributed by atoms with Crippen molar-refractivity contribution in [2.45, 2.75) is 32.7 Å². The van der Waals surface area contributed by atoms with Gasteiger partial charge >= 0.3 is 6.09 Å². The highest BCUT2D eigenvalue weighted by Gasteiger charge is 2.25. The van der Waals surface area contributed by atoms with Gasteiger partial charge in [0.25, 0.3) is 0 Å². The van der Waals surface area contributed by atoms with Gasteiger partial charge in [0.1, 0.15) is 0 Å². The third kappa shape index (κ3) is 3.81. The number of nitrogens with zero attached hydrogens (tertiary/aromatic N) is 1. The molecular weight excluding hydrogens is 208 g/mol. The zero-order chi connectivity index (χ0) is 12.1. The number of hydrogen-bond acceptors (Lipinski definition) is 4. The highest BCUT2D eigenvalue weighted by Crippen LogP contribution is 2.08. The van der Waals surface area contributed by atoms with E-state index in [1.54, 1.807) is 0 Å². The van der Waals surface area contributed by atoms with Crippen LogP contribution in [0.4, 0.5) is 4.79 Å². The molecule has 1 aliphatic rings. The maximum Gasteiger partial charge on any atom is 0.410 e. The molecule has 16 heavy (non-hydrogen) atoms. The zero-order valence-electron chi connectivity index (χ0n) is 9.94. The van der Waals surface area contributed by atoms with Gasteiger partial charge in [-0.3, -0.25) is 4.79 Å². The average Bonchev–Trinajstić information content (AvgIpc) is 2.38. The number of carbonyl (C=O) groups is 2. The summed E-state index contributed by atoms with van der Waals surface area (Å²) in [5, 5.41) is 0. The lowest BCUT2D eigenvalue weighted by atomic mass is 10.1. The topological polar surface area (TPSA) is 72.6 Å².